The molecule has 2 aromatic rings. The summed E-state index contributed by atoms with van der Waals surface area (Å²) in [6.45, 7) is 2.89. The fourth-order valence-electron chi connectivity index (χ4n) is 1.48. The molecule has 0 aliphatic carbocycles. The molecule has 0 amide bonds. The monoisotopic (exact) mass is 201 g/mol. The number of hydrogen-bond donors (Lipinski definition) is 1. The van der Waals surface area contributed by atoms with E-state index in [-0.39, 0.29) is 0 Å². The van der Waals surface area contributed by atoms with Gasteiger partial charge in [0, 0.05) is 12.7 Å². The Kier molecular flexibility index (Phi) is 2.83. The first kappa shape index (κ1) is 9.93. The average Bonchev–Trinajstić information content (AvgIpc) is 2.68. The zero-order valence-electron chi connectivity index (χ0n) is 9.07. The highest BCUT2D eigenvalue weighted by Gasteiger charge is 1.99. The highest BCUT2D eigenvalue weighted by atomic mass is 15.3. The van der Waals surface area contributed by atoms with Crippen molar-refractivity contribution in [3.8, 4) is 5.69 Å². The molecular formula is C12H15N3. The van der Waals surface area contributed by atoms with Gasteiger partial charge in [0.1, 0.15) is 0 Å². The van der Waals surface area contributed by atoms with E-state index < -0.39 is 0 Å². The zero-order valence-corrected chi connectivity index (χ0v) is 9.07. The van der Waals surface area contributed by atoms with Crippen molar-refractivity contribution in [1.82, 2.24) is 15.1 Å². The predicted octanol–water partition coefficient (Wildman–Crippen LogP) is 1.90. The maximum absolute atomic E-state index is 4.45. The topological polar surface area (TPSA) is 29.9 Å². The van der Waals surface area contributed by atoms with Gasteiger partial charge in [-0.1, -0.05) is 17.7 Å². The van der Waals surface area contributed by atoms with Gasteiger partial charge < -0.3 is 5.32 Å². The van der Waals surface area contributed by atoms with Crippen LogP contribution in [0.15, 0.2) is 36.5 Å². The van der Waals surface area contributed by atoms with E-state index in [0.717, 1.165) is 17.9 Å². The molecule has 2 rings (SSSR count). The molecule has 0 spiro atoms. The van der Waals surface area contributed by atoms with Crippen molar-refractivity contribution < 1.29 is 0 Å². The van der Waals surface area contributed by atoms with Gasteiger partial charge in [0.05, 0.1) is 11.4 Å². The smallest absolute Gasteiger partial charge is 0.0766 e. The van der Waals surface area contributed by atoms with Gasteiger partial charge in [0.2, 0.25) is 0 Å². The minimum Gasteiger partial charge on any atom is -0.314 e. The number of nitrogens with one attached hydrogen (secondary N) is 1. The summed E-state index contributed by atoms with van der Waals surface area (Å²) in [5.74, 6) is 0. The van der Waals surface area contributed by atoms with Crippen molar-refractivity contribution in [3.05, 3.63) is 47.8 Å². The molecule has 1 N–H and O–H groups in total. The van der Waals surface area contributed by atoms with Gasteiger partial charge in [0.25, 0.3) is 0 Å². The molecule has 3 heteroatoms. The SMILES string of the molecule is CNCc1ccn(-c2ccc(C)cc2)n1. The van der Waals surface area contributed by atoms with Crippen LogP contribution in [0.4, 0.5) is 0 Å². The van der Waals surface area contributed by atoms with E-state index in [1.54, 1.807) is 0 Å². The van der Waals surface area contributed by atoms with Gasteiger partial charge in [-0.05, 0) is 32.2 Å². The van der Waals surface area contributed by atoms with Crippen LogP contribution in [0.25, 0.3) is 5.69 Å². The largest absolute Gasteiger partial charge is 0.314 e. The fourth-order valence-corrected chi connectivity index (χ4v) is 1.48. The minimum atomic E-state index is 0.804. The Morgan fingerprint density at radius 1 is 1.20 bits per heavy atom. The number of benzene rings is 1. The fraction of sp³-hybridized carbons (Fsp3) is 0.250. The van der Waals surface area contributed by atoms with E-state index in [2.05, 4.69) is 41.6 Å². The van der Waals surface area contributed by atoms with Crippen LogP contribution in [0.3, 0.4) is 0 Å². The lowest BCUT2D eigenvalue weighted by Crippen LogP contribution is -2.06. The first-order chi connectivity index (χ1) is 7.29. The average molecular weight is 201 g/mol. The molecule has 3 nitrogen and oxygen atoms in total. The van der Waals surface area contributed by atoms with Crippen molar-refractivity contribution in [1.29, 1.82) is 0 Å². The Morgan fingerprint density at radius 2 is 1.93 bits per heavy atom. The molecule has 78 valence electrons. The third-order valence-corrected chi connectivity index (χ3v) is 2.30. The van der Waals surface area contributed by atoms with Crippen molar-refractivity contribution in [2.75, 3.05) is 7.05 Å². The predicted molar refractivity (Wildman–Crippen MR) is 61.1 cm³/mol. The van der Waals surface area contributed by atoms with Crippen LogP contribution < -0.4 is 5.32 Å². The highest BCUT2D eigenvalue weighted by molar-refractivity contribution is 5.33. The van der Waals surface area contributed by atoms with Crippen LogP contribution in [0.5, 0.6) is 0 Å². The molecule has 0 aliphatic rings. The number of aryl methyl sites for hydroxylation is 1. The quantitative estimate of drug-likeness (QED) is 0.822. The van der Waals surface area contributed by atoms with Crippen LogP contribution in [0, 0.1) is 6.92 Å². The molecule has 0 radical (unpaired) electrons. The van der Waals surface area contributed by atoms with Gasteiger partial charge in [-0.3, -0.25) is 0 Å². The van der Waals surface area contributed by atoms with Crippen molar-refractivity contribution in [3.63, 3.8) is 0 Å². The van der Waals surface area contributed by atoms with E-state index in [1.807, 2.05) is 24.0 Å². The Labute approximate surface area is 89.7 Å². The summed E-state index contributed by atoms with van der Waals surface area (Å²) in [5.41, 5.74) is 3.42. The second kappa shape index (κ2) is 4.28. The Hall–Kier alpha value is -1.61. The number of hydrogen-bond acceptors (Lipinski definition) is 2. The molecule has 0 bridgehead atoms. The third-order valence-electron chi connectivity index (χ3n) is 2.30. The number of rotatable bonds is 3. The second-order valence-corrected chi connectivity index (χ2v) is 3.62. The molecule has 0 aliphatic heterocycles. The number of nitrogens with zero attached hydrogens (tertiary/aromatic N) is 2. The molecular weight excluding hydrogens is 186 g/mol. The molecule has 0 atom stereocenters. The molecule has 0 unspecified atom stereocenters. The van der Waals surface area contributed by atoms with E-state index in [0.29, 0.717) is 0 Å². The zero-order chi connectivity index (χ0) is 10.7. The van der Waals surface area contributed by atoms with Crippen LogP contribution in [-0.2, 0) is 6.54 Å². The third kappa shape index (κ3) is 2.25. The summed E-state index contributed by atoms with van der Waals surface area (Å²) in [5, 5.41) is 7.54. The van der Waals surface area contributed by atoms with E-state index >= 15 is 0 Å². The summed E-state index contributed by atoms with van der Waals surface area (Å²) in [6, 6.07) is 10.4. The van der Waals surface area contributed by atoms with Gasteiger partial charge in [0.15, 0.2) is 0 Å². The first-order valence-corrected chi connectivity index (χ1v) is 5.06. The Balaban J connectivity index is 2.25. The molecule has 1 aromatic heterocycles. The molecule has 0 saturated heterocycles. The van der Waals surface area contributed by atoms with Gasteiger partial charge in [-0.2, -0.15) is 5.10 Å². The normalized spacial score (nSPS) is 10.5. The van der Waals surface area contributed by atoms with E-state index in [1.165, 1.54) is 5.56 Å². The van der Waals surface area contributed by atoms with Crippen LogP contribution in [-0.4, -0.2) is 16.8 Å². The summed E-state index contributed by atoms with van der Waals surface area (Å²) >= 11 is 0. The van der Waals surface area contributed by atoms with Crippen LogP contribution >= 0.6 is 0 Å². The van der Waals surface area contributed by atoms with Crippen molar-refractivity contribution in [2.45, 2.75) is 13.5 Å². The lowest BCUT2D eigenvalue weighted by atomic mass is 10.2. The maximum atomic E-state index is 4.45. The van der Waals surface area contributed by atoms with E-state index in [4.69, 9.17) is 0 Å². The summed E-state index contributed by atoms with van der Waals surface area (Å²) in [6.07, 6.45) is 1.98. The molecule has 0 fully saturated rings. The van der Waals surface area contributed by atoms with Crippen LogP contribution in [0.1, 0.15) is 11.3 Å². The number of aromatic nitrogens is 2. The van der Waals surface area contributed by atoms with Crippen LogP contribution in [0.2, 0.25) is 0 Å². The van der Waals surface area contributed by atoms with Gasteiger partial charge >= 0.3 is 0 Å². The molecule has 0 saturated carbocycles. The highest BCUT2D eigenvalue weighted by Crippen LogP contribution is 2.08. The Morgan fingerprint density at radius 3 is 2.60 bits per heavy atom. The lowest BCUT2D eigenvalue weighted by molar-refractivity contribution is 0.757. The molecule has 1 aromatic carbocycles. The van der Waals surface area contributed by atoms with E-state index in [9.17, 15) is 0 Å². The van der Waals surface area contributed by atoms with Crippen molar-refractivity contribution >= 4 is 0 Å². The molecule has 15 heavy (non-hydrogen) atoms. The standard InChI is InChI=1S/C12H15N3/c1-10-3-5-12(6-4-10)15-8-7-11(14-15)9-13-2/h3-8,13H,9H2,1-2H3. The first-order valence-electron chi connectivity index (χ1n) is 5.06. The second-order valence-electron chi connectivity index (χ2n) is 3.62. The maximum Gasteiger partial charge on any atom is 0.0766 e. The van der Waals surface area contributed by atoms with Gasteiger partial charge in [-0.25, -0.2) is 4.68 Å². The molecule has 1 heterocycles. The minimum absolute atomic E-state index is 0.804. The summed E-state index contributed by atoms with van der Waals surface area (Å²) < 4.78 is 1.89. The Bertz CT molecular complexity index is 428. The summed E-state index contributed by atoms with van der Waals surface area (Å²) in [4.78, 5) is 0. The van der Waals surface area contributed by atoms with Gasteiger partial charge in [-0.15, -0.1) is 0 Å². The van der Waals surface area contributed by atoms with Crippen molar-refractivity contribution in [2.24, 2.45) is 0 Å². The lowest BCUT2D eigenvalue weighted by Gasteiger charge is -2.01. The summed E-state index contributed by atoms with van der Waals surface area (Å²) in [7, 11) is 1.92.